The number of benzene rings is 1. The Morgan fingerprint density at radius 2 is 1.81 bits per heavy atom. The minimum absolute atomic E-state index is 0.0730. The van der Waals surface area contributed by atoms with Gasteiger partial charge in [0.2, 0.25) is 5.91 Å². The van der Waals surface area contributed by atoms with Crippen LogP contribution in [0.25, 0.3) is 5.57 Å². The Bertz CT molecular complexity index is 416. The predicted octanol–water partition coefficient (Wildman–Crippen LogP) is 2.76. The number of carbonyl (C=O) groups is 1. The van der Waals surface area contributed by atoms with Crippen LogP contribution in [0.4, 0.5) is 0 Å². The first-order valence-corrected chi connectivity index (χ1v) is 5.72. The minimum Gasteiger partial charge on any atom is -0.350 e. The SMILES string of the molecule is C/C(C(=O)NC1CC1)=C(/C)c1ccccc1. The number of hydrogen-bond donors (Lipinski definition) is 1. The molecular weight excluding hydrogens is 198 g/mol. The van der Waals surface area contributed by atoms with Gasteiger partial charge in [-0.2, -0.15) is 0 Å². The van der Waals surface area contributed by atoms with Gasteiger partial charge < -0.3 is 5.32 Å². The van der Waals surface area contributed by atoms with Crippen molar-refractivity contribution in [3.8, 4) is 0 Å². The van der Waals surface area contributed by atoms with Gasteiger partial charge in [-0.05, 0) is 37.8 Å². The first-order chi connectivity index (χ1) is 7.68. The Hall–Kier alpha value is -1.57. The molecule has 1 aromatic rings. The van der Waals surface area contributed by atoms with Crippen LogP contribution in [0, 0.1) is 0 Å². The summed E-state index contributed by atoms with van der Waals surface area (Å²) in [6, 6.07) is 10.4. The zero-order valence-electron chi connectivity index (χ0n) is 9.79. The number of allylic oxidation sites excluding steroid dienone is 1. The van der Waals surface area contributed by atoms with E-state index in [1.54, 1.807) is 0 Å². The van der Waals surface area contributed by atoms with E-state index >= 15 is 0 Å². The maximum Gasteiger partial charge on any atom is 0.247 e. The molecule has 1 N–H and O–H groups in total. The molecular formula is C14H17NO. The van der Waals surface area contributed by atoms with Crippen molar-refractivity contribution in [3.63, 3.8) is 0 Å². The summed E-state index contributed by atoms with van der Waals surface area (Å²) in [6.07, 6.45) is 2.26. The summed E-state index contributed by atoms with van der Waals surface area (Å²) in [5.74, 6) is 0.0730. The van der Waals surface area contributed by atoms with Gasteiger partial charge in [0.25, 0.3) is 0 Å². The van der Waals surface area contributed by atoms with Crippen LogP contribution in [0.3, 0.4) is 0 Å². The molecule has 0 bridgehead atoms. The van der Waals surface area contributed by atoms with E-state index in [-0.39, 0.29) is 5.91 Å². The Morgan fingerprint density at radius 1 is 1.19 bits per heavy atom. The molecule has 0 radical (unpaired) electrons. The quantitative estimate of drug-likeness (QED) is 0.772. The molecule has 0 heterocycles. The highest BCUT2D eigenvalue weighted by Crippen LogP contribution is 2.21. The predicted molar refractivity (Wildman–Crippen MR) is 65.9 cm³/mol. The third-order valence-corrected chi connectivity index (χ3v) is 3.02. The highest BCUT2D eigenvalue weighted by Gasteiger charge is 2.24. The third-order valence-electron chi connectivity index (χ3n) is 3.02. The largest absolute Gasteiger partial charge is 0.350 e. The summed E-state index contributed by atoms with van der Waals surface area (Å²) in [5, 5.41) is 3.01. The fourth-order valence-corrected chi connectivity index (χ4v) is 1.60. The molecule has 84 valence electrons. The molecule has 0 aromatic heterocycles. The van der Waals surface area contributed by atoms with Crippen molar-refractivity contribution in [2.45, 2.75) is 32.7 Å². The van der Waals surface area contributed by atoms with Gasteiger partial charge in [0, 0.05) is 11.6 Å². The molecule has 0 saturated heterocycles. The lowest BCUT2D eigenvalue weighted by molar-refractivity contribution is -0.117. The summed E-state index contributed by atoms with van der Waals surface area (Å²) in [6.45, 7) is 3.89. The molecule has 0 unspecified atom stereocenters. The summed E-state index contributed by atoms with van der Waals surface area (Å²) in [5.41, 5.74) is 2.99. The van der Waals surface area contributed by atoms with E-state index in [0.717, 1.165) is 29.6 Å². The number of carbonyl (C=O) groups excluding carboxylic acids is 1. The van der Waals surface area contributed by atoms with Gasteiger partial charge in [-0.3, -0.25) is 4.79 Å². The van der Waals surface area contributed by atoms with Crippen LogP contribution in [0.5, 0.6) is 0 Å². The lowest BCUT2D eigenvalue weighted by atomic mass is 10.0. The summed E-state index contributed by atoms with van der Waals surface area (Å²) in [7, 11) is 0. The lowest BCUT2D eigenvalue weighted by Gasteiger charge is -2.08. The van der Waals surface area contributed by atoms with Crippen LogP contribution in [-0.2, 0) is 4.79 Å². The van der Waals surface area contributed by atoms with E-state index in [0.29, 0.717) is 6.04 Å². The van der Waals surface area contributed by atoms with Crippen molar-refractivity contribution in [1.82, 2.24) is 5.32 Å². The number of hydrogen-bond acceptors (Lipinski definition) is 1. The topological polar surface area (TPSA) is 29.1 Å². The van der Waals surface area contributed by atoms with Crippen molar-refractivity contribution in [1.29, 1.82) is 0 Å². The van der Waals surface area contributed by atoms with Crippen LogP contribution in [0.2, 0.25) is 0 Å². The van der Waals surface area contributed by atoms with Gasteiger partial charge in [0.05, 0.1) is 0 Å². The Labute approximate surface area is 96.4 Å². The van der Waals surface area contributed by atoms with E-state index in [9.17, 15) is 4.79 Å². The van der Waals surface area contributed by atoms with Crippen LogP contribution < -0.4 is 5.32 Å². The first kappa shape index (κ1) is 10.9. The Morgan fingerprint density at radius 3 is 2.38 bits per heavy atom. The summed E-state index contributed by atoms with van der Waals surface area (Å²) in [4.78, 5) is 11.8. The van der Waals surface area contributed by atoms with Crippen molar-refractivity contribution < 1.29 is 4.79 Å². The van der Waals surface area contributed by atoms with Gasteiger partial charge in [0.1, 0.15) is 0 Å². The molecule has 1 saturated carbocycles. The maximum absolute atomic E-state index is 11.8. The van der Waals surface area contributed by atoms with E-state index in [1.165, 1.54) is 0 Å². The second kappa shape index (κ2) is 4.52. The maximum atomic E-state index is 11.8. The normalized spacial score (nSPS) is 16.6. The molecule has 1 amide bonds. The van der Waals surface area contributed by atoms with Gasteiger partial charge in [0.15, 0.2) is 0 Å². The molecule has 1 aliphatic rings. The van der Waals surface area contributed by atoms with E-state index in [4.69, 9.17) is 0 Å². The molecule has 0 atom stereocenters. The second-order valence-electron chi connectivity index (χ2n) is 4.36. The highest BCUT2D eigenvalue weighted by molar-refractivity contribution is 6.00. The molecule has 0 aliphatic heterocycles. The Balaban J connectivity index is 2.16. The molecule has 2 nitrogen and oxygen atoms in total. The zero-order chi connectivity index (χ0) is 11.5. The van der Waals surface area contributed by atoms with Gasteiger partial charge >= 0.3 is 0 Å². The average Bonchev–Trinajstić information content (AvgIpc) is 3.12. The fraction of sp³-hybridized carbons (Fsp3) is 0.357. The summed E-state index contributed by atoms with van der Waals surface area (Å²) < 4.78 is 0. The third kappa shape index (κ3) is 2.51. The van der Waals surface area contributed by atoms with Crippen LogP contribution >= 0.6 is 0 Å². The molecule has 1 aromatic carbocycles. The highest BCUT2D eigenvalue weighted by atomic mass is 16.1. The van der Waals surface area contributed by atoms with E-state index < -0.39 is 0 Å². The fourth-order valence-electron chi connectivity index (χ4n) is 1.60. The van der Waals surface area contributed by atoms with Crippen molar-refractivity contribution in [2.24, 2.45) is 0 Å². The van der Waals surface area contributed by atoms with Crippen molar-refractivity contribution in [2.75, 3.05) is 0 Å². The molecule has 1 fully saturated rings. The monoisotopic (exact) mass is 215 g/mol. The van der Waals surface area contributed by atoms with Crippen LogP contribution in [0.15, 0.2) is 35.9 Å². The molecule has 2 heteroatoms. The van der Waals surface area contributed by atoms with Gasteiger partial charge in [-0.1, -0.05) is 30.3 Å². The molecule has 1 aliphatic carbocycles. The second-order valence-corrected chi connectivity index (χ2v) is 4.36. The number of nitrogens with one attached hydrogen (secondary N) is 1. The summed E-state index contributed by atoms with van der Waals surface area (Å²) >= 11 is 0. The van der Waals surface area contributed by atoms with E-state index in [2.05, 4.69) is 5.32 Å². The Kier molecular flexibility index (Phi) is 3.09. The molecule has 16 heavy (non-hydrogen) atoms. The van der Waals surface area contributed by atoms with Crippen molar-refractivity contribution >= 4 is 11.5 Å². The molecule has 0 spiro atoms. The van der Waals surface area contributed by atoms with Crippen LogP contribution in [-0.4, -0.2) is 11.9 Å². The smallest absolute Gasteiger partial charge is 0.247 e. The molecule has 2 rings (SSSR count). The standard InChI is InChI=1S/C14H17NO/c1-10(12-6-4-3-5-7-12)11(2)14(16)15-13-8-9-13/h3-7,13H,8-9H2,1-2H3,(H,15,16)/b11-10+. The number of amides is 1. The lowest BCUT2D eigenvalue weighted by Crippen LogP contribution is -2.26. The van der Waals surface area contributed by atoms with Crippen molar-refractivity contribution in [3.05, 3.63) is 41.5 Å². The van der Waals surface area contributed by atoms with Gasteiger partial charge in [-0.25, -0.2) is 0 Å². The number of rotatable bonds is 3. The zero-order valence-corrected chi connectivity index (χ0v) is 9.79. The minimum atomic E-state index is 0.0730. The first-order valence-electron chi connectivity index (χ1n) is 5.72. The van der Waals surface area contributed by atoms with Gasteiger partial charge in [-0.15, -0.1) is 0 Å². The average molecular weight is 215 g/mol. The van der Waals surface area contributed by atoms with E-state index in [1.807, 2.05) is 44.2 Å². The van der Waals surface area contributed by atoms with Crippen LogP contribution in [0.1, 0.15) is 32.3 Å².